The first-order valence-corrected chi connectivity index (χ1v) is 7.56. The van der Waals surface area contributed by atoms with Crippen molar-refractivity contribution in [3.05, 3.63) is 41.2 Å². The molecule has 1 atom stereocenters. The van der Waals surface area contributed by atoms with Gasteiger partial charge in [0, 0.05) is 24.7 Å². The van der Waals surface area contributed by atoms with E-state index in [0.717, 1.165) is 16.8 Å². The summed E-state index contributed by atoms with van der Waals surface area (Å²) in [5, 5.41) is 6.45. The number of nitrogens with zero attached hydrogens (tertiary/aromatic N) is 2. The molecule has 2 amide bonds. The molecular weight excluding hydrogens is 294 g/mol. The molecular formula is C17H19N3O3. The second-order valence-electron chi connectivity index (χ2n) is 5.96. The maximum atomic E-state index is 12.4. The molecule has 1 aliphatic rings. The van der Waals surface area contributed by atoms with Gasteiger partial charge < -0.3 is 14.7 Å². The number of amides is 2. The van der Waals surface area contributed by atoms with Gasteiger partial charge in [-0.15, -0.1) is 0 Å². The van der Waals surface area contributed by atoms with Crippen molar-refractivity contribution in [3.8, 4) is 0 Å². The number of anilines is 2. The lowest BCUT2D eigenvalue weighted by atomic mass is 10.1. The number of benzene rings is 1. The summed E-state index contributed by atoms with van der Waals surface area (Å²) in [4.78, 5) is 26.4. The van der Waals surface area contributed by atoms with Gasteiger partial charge in [-0.2, -0.15) is 0 Å². The summed E-state index contributed by atoms with van der Waals surface area (Å²) in [6.07, 6.45) is 0.205. The normalized spacial score (nSPS) is 17.6. The molecule has 2 aromatic rings. The van der Waals surface area contributed by atoms with E-state index < -0.39 is 5.92 Å². The molecule has 0 unspecified atom stereocenters. The summed E-state index contributed by atoms with van der Waals surface area (Å²) >= 11 is 0. The molecule has 1 saturated heterocycles. The first-order chi connectivity index (χ1) is 11.0. The number of para-hydroxylation sites is 1. The van der Waals surface area contributed by atoms with Crippen molar-refractivity contribution in [2.75, 3.05) is 16.8 Å². The van der Waals surface area contributed by atoms with Gasteiger partial charge in [0.1, 0.15) is 5.76 Å². The molecule has 120 valence electrons. The molecule has 1 N–H and O–H groups in total. The van der Waals surface area contributed by atoms with Crippen LogP contribution in [-0.2, 0) is 9.59 Å². The standard InChI is InChI=1S/C17H19N3O3/c1-10-5-4-6-11(2)16(10)20-9-13(8-15(20)21)17(22)18-14-7-12(3)23-19-14/h4-7,13H,8-9H2,1-3H3,(H,18,19,22)/t13-/m0/s1. The lowest BCUT2D eigenvalue weighted by Gasteiger charge is -2.21. The summed E-state index contributed by atoms with van der Waals surface area (Å²) in [6.45, 7) is 6.08. The third-order valence-corrected chi connectivity index (χ3v) is 4.08. The van der Waals surface area contributed by atoms with Crippen molar-refractivity contribution in [2.24, 2.45) is 5.92 Å². The number of aryl methyl sites for hydroxylation is 3. The third-order valence-electron chi connectivity index (χ3n) is 4.08. The van der Waals surface area contributed by atoms with E-state index in [-0.39, 0.29) is 18.2 Å². The van der Waals surface area contributed by atoms with Crippen molar-refractivity contribution in [1.29, 1.82) is 0 Å². The fraction of sp³-hybridized carbons (Fsp3) is 0.353. The summed E-state index contributed by atoms with van der Waals surface area (Å²) in [5.41, 5.74) is 2.98. The molecule has 0 radical (unpaired) electrons. The molecule has 0 saturated carbocycles. The van der Waals surface area contributed by atoms with Crippen LogP contribution in [0, 0.1) is 26.7 Å². The van der Waals surface area contributed by atoms with Gasteiger partial charge in [0.15, 0.2) is 5.82 Å². The van der Waals surface area contributed by atoms with Gasteiger partial charge >= 0.3 is 0 Å². The average molecular weight is 313 g/mol. The van der Waals surface area contributed by atoms with E-state index >= 15 is 0 Å². The van der Waals surface area contributed by atoms with Crippen LogP contribution >= 0.6 is 0 Å². The second kappa shape index (κ2) is 5.87. The van der Waals surface area contributed by atoms with Crippen LogP contribution in [0.3, 0.4) is 0 Å². The minimum atomic E-state index is -0.390. The van der Waals surface area contributed by atoms with Crippen molar-refractivity contribution in [1.82, 2.24) is 5.16 Å². The van der Waals surface area contributed by atoms with Crippen LogP contribution in [0.5, 0.6) is 0 Å². The van der Waals surface area contributed by atoms with Crippen LogP contribution < -0.4 is 10.2 Å². The van der Waals surface area contributed by atoms with E-state index in [1.165, 1.54) is 0 Å². The highest BCUT2D eigenvalue weighted by atomic mass is 16.5. The van der Waals surface area contributed by atoms with Gasteiger partial charge in [-0.05, 0) is 31.9 Å². The first-order valence-electron chi connectivity index (χ1n) is 7.56. The molecule has 1 aromatic heterocycles. The Bertz CT molecular complexity index is 746. The molecule has 23 heavy (non-hydrogen) atoms. The predicted octanol–water partition coefficient (Wildman–Crippen LogP) is 2.59. The Hall–Kier alpha value is -2.63. The lowest BCUT2D eigenvalue weighted by molar-refractivity contribution is -0.122. The Morgan fingerprint density at radius 2 is 2.00 bits per heavy atom. The molecule has 3 rings (SSSR count). The highest BCUT2D eigenvalue weighted by Crippen LogP contribution is 2.31. The Morgan fingerprint density at radius 1 is 1.30 bits per heavy atom. The Morgan fingerprint density at radius 3 is 2.61 bits per heavy atom. The van der Waals surface area contributed by atoms with Crippen LogP contribution in [0.25, 0.3) is 0 Å². The fourth-order valence-electron chi connectivity index (χ4n) is 2.98. The topological polar surface area (TPSA) is 75.4 Å². The highest BCUT2D eigenvalue weighted by molar-refractivity contribution is 6.04. The number of aromatic nitrogens is 1. The number of nitrogens with one attached hydrogen (secondary N) is 1. The maximum Gasteiger partial charge on any atom is 0.231 e. The highest BCUT2D eigenvalue weighted by Gasteiger charge is 2.36. The monoisotopic (exact) mass is 313 g/mol. The largest absolute Gasteiger partial charge is 0.360 e. The van der Waals surface area contributed by atoms with Crippen LogP contribution in [0.4, 0.5) is 11.5 Å². The van der Waals surface area contributed by atoms with Crippen LogP contribution in [0.15, 0.2) is 28.8 Å². The molecule has 0 aliphatic carbocycles. The zero-order chi connectivity index (χ0) is 16.6. The molecule has 0 bridgehead atoms. The van der Waals surface area contributed by atoms with E-state index in [1.807, 2.05) is 32.0 Å². The SMILES string of the molecule is Cc1cc(NC(=O)[C@H]2CC(=O)N(c3c(C)cccc3C)C2)no1. The molecule has 1 aromatic carbocycles. The summed E-state index contributed by atoms with van der Waals surface area (Å²) in [6, 6.07) is 7.56. The molecule has 2 heterocycles. The first kappa shape index (κ1) is 15.3. The predicted molar refractivity (Wildman–Crippen MR) is 86.2 cm³/mol. The van der Waals surface area contributed by atoms with E-state index in [9.17, 15) is 9.59 Å². The number of hydrogen-bond acceptors (Lipinski definition) is 4. The Balaban J connectivity index is 1.76. The van der Waals surface area contributed by atoms with Gasteiger partial charge in [0.05, 0.1) is 5.92 Å². The van der Waals surface area contributed by atoms with Crippen LogP contribution in [0.1, 0.15) is 23.3 Å². The minimum Gasteiger partial charge on any atom is -0.360 e. The van der Waals surface area contributed by atoms with Gasteiger partial charge in [-0.25, -0.2) is 0 Å². The molecule has 6 heteroatoms. The maximum absolute atomic E-state index is 12.4. The quantitative estimate of drug-likeness (QED) is 0.945. The second-order valence-corrected chi connectivity index (χ2v) is 5.96. The molecule has 1 fully saturated rings. The van der Waals surface area contributed by atoms with E-state index in [0.29, 0.717) is 18.1 Å². The fourth-order valence-corrected chi connectivity index (χ4v) is 2.98. The van der Waals surface area contributed by atoms with Crippen molar-refractivity contribution in [2.45, 2.75) is 27.2 Å². The van der Waals surface area contributed by atoms with Gasteiger partial charge in [-0.1, -0.05) is 23.4 Å². The minimum absolute atomic E-state index is 0.0288. The Labute approximate surface area is 134 Å². The summed E-state index contributed by atoms with van der Waals surface area (Å²) < 4.78 is 4.93. The molecule has 6 nitrogen and oxygen atoms in total. The number of carbonyl (C=O) groups excluding carboxylic acids is 2. The van der Waals surface area contributed by atoms with Crippen molar-refractivity contribution >= 4 is 23.3 Å². The zero-order valence-electron chi connectivity index (χ0n) is 13.4. The number of carbonyl (C=O) groups is 2. The molecule has 1 aliphatic heterocycles. The van der Waals surface area contributed by atoms with Gasteiger partial charge in [-0.3, -0.25) is 9.59 Å². The van der Waals surface area contributed by atoms with Crippen LogP contribution in [-0.4, -0.2) is 23.5 Å². The Kier molecular flexibility index (Phi) is 3.90. The van der Waals surface area contributed by atoms with Crippen molar-refractivity contribution in [3.63, 3.8) is 0 Å². The lowest BCUT2D eigenvalue weighted by Crippen LogP contribution is -2.29. The van der Waals surface area contributed by atoms with Crippen molar-refractivity contribution < 1.29 is 14.1 Å². The summed E-state index contributed by atoms with van der Waals surface area (Å²) in [7, 11) is 0. The third kappa shape index (κ3) is 2.97. The number of rotatable bonds is 3. The van der Waals surface area contributed by atoms with Crippen LogP contribution in [0.2, 0.25) is 0 Å². The molecule has 0 spiro atoms. The summed E-state index contributed by atoms with van der Waals surface area (Å²) in [5.74, 6) is 0.378. The average Bonchev–Trinajstić information content (AvgIpc) is 3.06. The van der Waals surface area contributed by atoms with Gasteiger partial charge in [0.2, 0.25) is 11.8 Å². The zero-order valence-corrected chi connectivity index (χ0v) is 13.4. The number of hydrogen-bond donors (Lipinski definition) is 1. The smallest absolute Gasteiger partial charge is 0.231 e. The van der Waals surface area contributed by atoms with E-state index in [2.05, 4.69) is 10.5 Å². The van der Waals surface area contributed by atoms with Gasteiger partial charge in [0.25, 0.3) is 0 Å². The van der Waals surface area contributed by atoms with E-state index in [1.54, 1.807) is 17.9 Å². The van der Waals surface area contributed by atoms with E-state index in [4.69, 9.17) is 4.52 Å².